The summed E-state index contributed by atoms with van der Waals surface area (Å²) in [6.45, 7) is 14.6. The number of fused-ring (bicyclic) bond motifs is 4. The number of cyclic esters (lactones) is 2. The number of hydrogen-bond donors (Lipinski definition) is 4. The fraction of sp³-hybridized carbons (Fsp3) is 0.692. The van der Waals surface area contributed by atoms with E-state index in [1.807, 2.05) is 39.8 Å². The van der Waals surface area contributed by atoms with Crippen molar-refractivity contribution in [3.05, 3.63) is 109 Å². The molecule has 2 aromatic heterocycles. The number of carbonyl (C=O) groups excluding carboxylic acids is 6. The second-order valence-electron chi connectivity index (χ2n) is 28.5. The first-order valence-electron chi connectivity index (χ1n) is 36.0. The maximum Gasteiger partial charge on any atom is 0.308 e. The summed E-state index contributed by atoms with van der Waals surface area (Å²) < 4.78 is 70.9. The molecule has 2 aromatic rings. The van der Waals surface area contributed by atoms with Gasteiger partial charge in [0, 0.05) is 145 Å². The topological polar surface area (TPSA) is 334 Å². The Hall–Kier alpha value is -6.40. The van der Waals surface area contributed by atoms with E-state index < -0.39 is 133 Å². The number of nitrogens with zero attached hydrogens (tertiary/aromatic N) is 4. The van der Waals surface area contributed by atoms with Crippen LogP contribution in [0.4, 0.5) is 0 Å². The molecule has 1 aliphatic rings. The SMILES string of the molecule is CO[C@H]1CC=CC=C[C@H](OC)C[C@H](O)CC(=O)O[C@@H](C[C@H](OC)[C@@H](C)CCC(=O)[C@H](C)[C@@H](C/C=C/N(C)C=O)OC)C(C)(C)C(O)Cc2nc(co2)[C@@H](OC)CC=CC=C[C@H](OC)C[C@H](O)CC(=O)O[C@@H](C[C@H](OC)[C@@H](C)CCC(=O)[C@H](C)[C@@H](C/C=C/N(C)C=O)OC)C(C)(C)C(O)Cc2nc1co2. The lowest BCUT2D eigenvalue weighted by Gasteiger charge is -2.40. The molecule has 0 radical (unpaired) electrons. The first-order valence-corrected chi connectivity index (χ1v) is 36.0. The zero-order chi connectivity index (χ0) is 77.7. The molecular formula is C78H124N4O22. The van der Waals surface area contributed by atoms with Crippen LogP contribution in [0, 0.1) is 34.5 Å². The molecule has 26 nitrogen and oxygen atoms in total. The predicted octanol–water partition coefficient (Wildman–Crippen LogP) is 9.82. The number of aromatic nitrogens is 2. The normalized spacial score (nSPS) is 25.7. The van der Waals surface area contributed by atoms with Gasteiger partial charge in [0.1, 0.15) is 59.9 Å². The number of allylic oxidation sites excluding steroid dienone is 4. The van der Waals surface area contributed by atoms with Gasteiger partial charge in [-0.25, -0.2) is 9.97 Å². The van der Waals surface area contributed by atoms with Crippen molar-refractivity contribution >= 4 is 36.3 Å². The van der Waals surface area contributed by atoms with Gasteiger partial charge in [0.25, 0.3) is 0 Å². The lowest BCUT2D eigenvalue weighted by molar-refractivity contribution is -0.169. The standard InChI is InChI=1S/C78H124N4O22/c1-51(33-35-61(87)53(3)63(95-13)31-25-37-81(9)49-83)67(99-17)43-71-77(5,6)69(89)45-73-79-59(47-101-73)65(97-15)29-23-20-22-28-58(94-12)40-56(86)42-76(92)104-72(44-68(100-18)52(2)34-36-62(88)54(4)64(96-14)32-26-38-82(10)50-84)78(7,8)70(90)46-74-80-60(48-102-74)66(98-16)30-24-19-21-27-57(93-11)39-55(85)41-75(91)103-71/h19-28,37-38,47-58,63-72,85-86,89-90H,29-36,39-46H2,1-18H3/b23-20?,24-19?,27-21?,28-22?,37-25+,38-26+/t51-,52-,53-,54-,55-,56-,57-,58-,63+,64+,65-,66-,67-,68-,69?,70?,71-,72-/m0/s1. The van der Waals surface area contributed by atoms with Gasteiger partial charge in [0.2, 0.25) is 12.8 Å². The second kappa shape index (κ2) is 48.0. The molecule has 18 atom stereocenters. The molecule has 4 bridgehead atoms. The minimum absolute atomic E-state index is 0.0193. The molecule has 0 saturated carbocycles. The Kier molecular flexibility index (Phi) is 42.4. The zero-order valence-corrected chi connectivity index (χ0v) is 64.9. The van der Waals surface area contributed by atoms with Crippen molar-refractivity contribution in [1.29, 1.82) is 0 Å². The van der Waals surface area contributed by atoms with Crippen molar-refractivity contribution in [2.24, 2.45) is 34.5 Å². The van der Waals surface area contributed by atoms with Crippen molar-refractivity contribution in [3.63, 3.8) is 0 Å². The summed E-state index contributed by atoms with van der Waals surface area (Å²) in [6, 6.07) is 0. The van der Waals surface area contributed by atoms with E-state index in [4.69, 9.17) is 66.2 Å². The maximum atomic E-state index is 14.1. The summed E-state index contributed by atoms with van der Waals surface area (Å²) in [5.41, 5.74) is -1.47. The van der Waals surface area contributed by atoms with Gasteiger partial charge < -0.3 is 86.4 Å². The smallest absolute Gasteiger partial charge is 0.308 e. The summed E-state index contributed by atoms with van der Waals surface area (Å²) >= 11 is 0. The first-order chi connectivity index (χ1) is 49.4. The molecule has 2 unspecified atom stereocenters. The average Bonchev–Trinajstić information content (AvgIpc) is 1.15. The fourth-order valence-corrected chi connectivity index (χ4v) is 12.4. The Bertz CT molecular complexity index is 2810. The van der Waals surface area contributed by atoms with Gasteiger partial charge in [-0.2, -0.15) is 0 Å². The summed E-state index contributed by atoms with van der Waals surface area (Å²) in [5.74, 6) is -2.49. The van der Waals surface area contributed by atoms with E-state index in [-0.39, 0.29) is 86.6 Å². The summed E-state index contributed by atoms with van der Waals surface area (Å²) in [7, 11) is 15.4. The summed E-state index contributed by atoms with van der Waals surface area (Å²) in [5, 5.41) is 47.1. The quantitative estimate of drug-likeness (QED) is 0.0391. The number of methoxy groups -OCH3 is 8. The van der Waals surface area contributed by atoms with Crippen LogP contribution in [0.2, 0.25) is 0 Å². The van der Waals surface area contributed by atoms with Crippen LogP contribution in [0.5, 0.6) is 0 Å². The third-order valence-electron chi connectivity index (χ3n) is 20.2. The van der Waals surface area contributed by atoms with E-state index in [0.717, 1.165) is 0 Å². The van der Waals surface area contributed by atoms with Gasteiger partial charge in [-0.1, -0.05) is 116 Å². The number of oxazole rings is 2. The highest BCUT2D eigenvalue weighted by molar-refractivity contribution is 5.81. The molecule has 3 heterocycles. The van der Waals surface area contributed by atoms with Crippen molar-refractivity contribution in [2.75, 3.05) is 71.0 Å². The van der Waals surface area contributed by atoms with Gasteiger partial charge in [-0.15, -0.1) is 0 Å². The van der Waals surface area contributed by atoms with Crippen LogP contribution in [0.25, 0.3) is 0 Å². The number of carbonyl (C=O) groups is 6. The number of aliphatic hydroxyl groups excluding tert-OH is 4. The van der Waals surface area contributed by atoms with E-state index in [2.05, 4.69) is 0 Å². The Morgan fingerprint density at radius 1 is 0.548 bits per heavy atom. The third-order valence-corrected chi connectivity index (χ3v) is 20.2. The van der Waals surface area contributed by atoms with E-state index in [1.165, 1.54) is 65.0 Å². The molecule has 0 fully saturated rings. The molecule has 0 spiro atoms. The second-order valence-corrected chi connectivity index (χ2v) is 28.5. The van der Waals surface area contributed by atoms with Crippen molar-refractivity contribution in [2.45, 2.75) is 244 Å². The minimum Gasteiger partial charge on any atom is -0.462 e. The third kappa shape index (κ3) is 31.2. The van der Waals surface area contributed by atoms with Crippen LogP contribution in [-0.2, 0) is 89.0 Å². The van der Waals surface area contributed by atoms with E-state index in [9.17, 15) is 49.2 Å². The van der Waals surface area contributed by atoms with E-state index in [0.29, 0.717) is 62.7 Å². The van der Waals surface area contributed by atoms with Crippen molar-refractivity contribution in [3.8, 4) is 0 Å². The maximum absolute atomic E-state index is 14.1. The molecular weight excluding hydrogens is 1340 g/mol. The van der Waals surface area contributed by atoms with Crippen LogP contribution >= 0.6 is 0 Å². The highest BCUT2D eigenvalue weighted by Crippen LogP contribution is 2.38. The monoisotopic (exact) mass is 1470 g/mol. The van der Waals surface area contributed by atoms with Crippen molar-refractivity contribution in [1.82, 2.24) is 19.8 Å². The molecule has 3 rings (SSSR count). The number of ketones is 2. The molecule has 2 amide bonds. The number of Topliss-reactive ketones (excluding diaryl/α,β-unsaturated/α-hetero) is 2. The zero-order valence-electron chi connectivity index (χ0n) is 64.9. The summed E-state index contributed by atoms with van der Waals surface area (Å²) in [6.07, 6.45) is 16.1. The fourth-order valence-electron chi connectivity index (χ4n) is 12.4. The lowest BCUT2D eigenvalue weighted by atomic mass is 9.75. The van der Waals surface area contributed by atoms with Crippen molar-refractivity contribution < 1.29 is 105 Å². The van der Waals surface area contributed by atoms with Gasteiger partial charge in [-0.05, 0) is 50.4 Å². The number of aliphatic hydroxyl groups is 4. The lowest BCUT2D eigenvalue weighted by Crippen LogP contribution is -2.46. The number of hydrogen-bond acceptors (Lipinski definition) is 24. The van der Waals surface area contributed by atoms with Gasteiger partial charge in [0.05, 0.1) is 86.7 Å². The molecule has 4 N–H and O–H groups in total. The highest BCUT2D eigenvalue weighted by Gasteiger charge is 2.44. The van der Waals surface area contributed by atoms with Crippen LogP contribution in [0.3, 0.4) is 0 Å². The van der Waals surface area contributed by atoms with Gasteiger partial charge in [0.15, 0.2) is 11.8 Å². The Balaban J connectivity index is 1.99. The molecule has 0 saturated heterocycles. The molecule has 588 valence electrons. The van der Waals surface area contributed by atoms with Crippen LogP contribution in [0.15, 0.2) is 94.5 Å². The van der Waals surface area contributed by atoms with Gasteiger partial charge in [-0.3, -0.25) is 28.8 Å². The predicted molar refractivity (Wildman–Crippen MR) is 390 cm³/mol. The molecule has 26 heteroatoms. The average molecular weight is 1470 g/mol. The van der Waals surface area contributed by atoms with E-state index >= 15 is 0 Å². The number of rotatable bonds is 32. The molecule has 104 heavy (non-hydrogen) atoms. The molecule has 0 aromatic carbocycles. The number of esters is 2. The van der Waals surface area contributed by atoms with Crippen LogP contribution in [0.1, 0.15) is 181 Å². The minimum atomic E-state index is -1.21. The first kappa shape index (κ1) is 91.8. The number of ether oxygens (including phenoxy) is 10. The summed E-state index contributed by atoms with van der Waals surface area (Å²) in [4.78, 5) is 89.7. The highest BCUT2D eigenvalue weighted by atomic mass is 16.6. The van der Waals surface area contributed by atoms with Crippen LogP contribution in [-0.4, -0.2) is 221 Å². The largest absolute Gasteiger partial charge is 0.462 e. The Morgan fingerprint density at radius 3 is 1.22 bits per heavy atom. The Morgan fingerprint density at radius 2 is 0.904 bits per heavy atom. The van der Waals surface area contributed by atoms with E-state index in [1.54, 1.807) is 117 Å². The molecule has 0 aliphatic carbocycles. The number of amides is 2. The van der Waals surface area contributed by atoms with Gasteiger partial charge >= 0.3 is 11.9 Å². The Labute approximate surface area is 616 Å². The van der Waals surface area contributed by atoms with Crippen LogP contribution < -0.4 is 0 Å². The molecule has 1 aliphatic heterocycles.